The summed E-state index contributed by atoms with van der Waals surface area (Å²) in [7, 11) is 0. The van der Waals surface area contributed by atoms with Crippen molar-refractivity contribution in [2.75, 3.05) is 5.32 Å². The summed E-state index contributed by atoms with van der Waals surface area (Å²) in [4.78, 5) is 27.7. The average molecular weight is 294 g/mol. The molecule has 2 N–H and O–H groups in total. The molecule has 1 aliphatic rings. The van der Waals surface area contributed by atoms with Crippen molar-refractivity contribution in [3.05, 3.63) is 59.7 Å². The van der Waals surface area contributed by atoms with E-state index >= 15 is 0 Å². The lowest BCUT2D eigenvalue weighted by atomic mass is 9.96. The maximum atomic E-state index is 12.3. The molecular weight excluding hydrogens is 284 g/mol. The number of aromatic nitrogens is 3. The summed E-state index contributed by atoms with van der Waals surface area (Å²) >= 11 is 0. The monoisotopic (exact) mass is 294 g/mol. The van der Waals surface area contributed by atoms with Crippen molar-refractivity contribution in [2.45, 2.75) is 5.92 Å². The van der Waals surface area contributed by atoms with Gasteiger partial charge in [-0.2, -0.15) is 5.10 Å². The Bertz CT molecular complexity index is 931. The molecular formula is C15H10N4O3. The van der Waals surface area contributed by atoms with Crippen molar-refractivity contribution in [3.63, 3.8) is 0 Å². The molecule has 2 aromatic heterocycles. The largest absolute Gasteiger partial charge is 0.478 e. The number of carbonyl (C=O) groups is 2. The van der Waals surface area contributed by atoms with Gasteiger partial charge in [0.2, 0.25) is 5.91 Å². The smallest absolute Gasteiger partial charge is 0.337 e. The first kappa shape index (κ1) is 12.5. The average Bonchev–Trinajstić information content (AvgIpc) is 3.07. The van der Waals surface area contributed by atoms with Gasteiger partial charge in [-0.05, 0) is 17.7 Å². The Morgan fingerprint density at radius 1 is 1.32 bits per heavy atom. The summed E-state index contributed by atoms with van der Waals surface area (Å²) in [5.74, 6) is -1.80. The molecule has 1 amide bonds. The van der Waals surface area contributed by atoms with Crippen LogP contribution >= 0.6 is 0 Å². The number of carbonyl (C=O) groups excluding carboxylic acids is 1. The van der Waals surface area contributed by atoms with E-state index in [0.717, 1.165) is 11.3 Å². The van der Waals surface area contributed by atoms with Crippen LogP contribution in [0.1, 0.15) is 27.5 Å². The maximum absolute atomic E-state index is 12.3. The van der Waals surface area contributed by atoms with Crippen molar-refractivity contribution in [1.29, 1.82) is 0 Å². The number of carboxylic acid groups (broad SMARTS) is 1. The molecule has 0 saturated carbocycles. The Balaban J connectivity index is 1.95. The summed E-state index contributed by atoms with van der Waals surface area (Å²) in [6.45, 7) is 0. The van der Waals surface area contributed by atoms with Gasteiger partial charge in [0.25, 0.3) is 0 Å². The van der Waals surface area contributed by atoms with Crippen molar-refractivity contribution < 1.29 is 14.7 Å². The summed E-state index contributed by atoms with van der Waals surface area (Å²) in [6, 6.07) is 8.86. The predicted octanol–water partition coefficient (Wildman–Crippen LogP) is 1.51. The van der Waals surface area contributed by atoms with Gasteiger partial charge in [0.15, 0.2) is 0 Å². The molecule has 4 rings (SSSR count). The van der Waals surface area contributed by atoms with Crippen LogP contribution in [0, 0.1) is 0 Å². The van der Waals surface area contributed by atoms with Gasteiger partial charge in [-0.15, -0.1) is 0 Å². The summed E-state index contributed by atoms with van der Waals surface area (Å²) in [5, 5.41) is 15.9. The highest BCUT2D eigenvalue weighted by Crippen LogP contribution is 2.37. The molecule has 3 aromatic rings. The Morgan fingerprint density at radius 2 is 2.14 bits per heavy atom. The highest BCUT2D eigenvalue weighted by atomic mass is 16.4. The second-order valence-corrected chi connectivity index (χ2v) is 5.02. The number of amides is 1. The van der Waals surface area contributed by atoms with Gasteiger partial charge in [0, 0.05) is 11.9 Å². The van der Waals surface area contributed by atoms with Crippen LogP contribution in [0.3, 0.4) is 0 Å². The molecule has 1 unspecified atom stereocenters. The van der Waals surface area contributed by atoms with Crippen molar-refractivity contribution in [2.24, 2.45) is 0 Å². The molecule has 0 fully saturated rings. The van der Waals surface area contributed by atoms with E-state index in [1.807, 2.05) is 24.3 Å². The lowest BCUT2D eigenvalue weighted by molar-refractivity contribution is -0.116. The van der Waals surface area contributed by atoms with Gasteiger partial charge < -0.3 is 10.4 Å². The molecule has 22 heavy (non-hydrogen) atoms. The minimum Gasteiger partial charge on any atom is -0.478 e. The van der Waals surface area contributed by atoms with Crippen LogP contribution in [0.2, 0.25) is 0 Å². The van der Waals surface area contributed by atoms with E-state index in [1.165, 1.54) is 23.1 Å². The molecule has 7 heteroatoms. The van der Waals surface area contributed by atoms with Gasteiger partial charge >= 0.3 is 5.97 Å². The highest BCUT2D eigenvalue weighted by Gasteiger charge is 2.34. The Labute approximate surface area is 124 Å². The Morgan fingerprint density at radius 3 is 2.95 bits per heavy atom. The van der Waals surface area contributed by atoms with Crippen LogP contribution < -0.4 is 5.32 Å². The van der Waals surface area contributed by atoms with Crippen LogP contribution in [0.15, 0.2) is 42.9 Å². The number of aromatic carboxylic acids is 1. The molecule has 0 radical (unpaired) electrons. The number of hydrogen-bond acceptors (Lipinski definition) is 4. The topological polar surface area (TPSA) is 96.6 Å². The highest BCUT2D eigenvalue weighted by molar-refractivity contribution is 6.05. The number of nitrogens with one attached hydrogen (secondary N) is 1. The van der Waals surface area contributed by atoms with E-state index in [2.05, 4.69) is 15.4 Å². The van der Waals surface area contributed by atoms with Crippen molar-refractivity contribution in [3.8, 4) is 0 Å². The summed E-state index contributed by atoms with van der Waals surface area (Å²) in [5.41, 5.74) is 2.68. The van der Waals surface area contributed by atoms with Crippen molar-refractivity contribution in [1.82, 2.24) is 14.6 Å². The normalized spacial score (nSPS) is 16.5. The number of benzene rings is 1. The Kier molecular flexibility index (Phi) is 2.50. The molecule has 0 spiro atoms. The van der Waals surface area contributed by atoms with Gasteiger partial charge in [0.05, 0.1) is 16.8 Å². The number of nitrogens with zero attached hydrogens (tertiary/aromatic N) is 3. The molecule has 0 aliphatic carbocycles. The third-order valence-corrected chi connectivity index (χ3v) is 3.75. The first-order chi connectivity index (χ1) is 10.6. The number of para-hydroxylation sites is 1. The Hall–Kier alpha value is -3.22. The number of fused-ring (bicyclic) bond motifs is 2. The van der Waals surface area contributed by atoms with E-state index in [1.54, 1.807) is 0 Å². The second kappa shape index (κ2) is 4.39. The number of rotatable bonds is 2. The number of hydrogen-bond donors (Lipinski definition) is 2. The van der Waals surface area contributed by atoms with Crippen LogP contribution in [-0.2, 0) is 4.79 Å². The molecule has 1 atom stereocenters. The third-order valence-electron chi connectivity index (χ3n) is 3.75. The fourth-order valence-electron chi connectivity index (χ4n) is 2.77. The first-order valence-electron chi connectivity index (χ1n) is 6.61. The zero-order valence-corrected chi connectivity index (χ0v) is 11.2. The second-order valence-electron chi connectivity index (χ2n) is 5.02. The van der Waals surface area contributed by atoms with Gasteiger partial charge in [-0.3, -0.25) is 4.79 Å². The zero-order valence-electron chi connectivity index (χ0n) is 11.2. The van der Waals surface area contributed by atoms with E-state index in [-0.39, 0.29) is 11.5 Å². The van der Waals surface area contributed by atoms with Crippen LogP contribution in [-0.4, -0.2) is 31.6 Å². The molecule has 1 aromatic carbocycles. The molecule has 0 saturated heterocycles. The SMILES string of the molecule is O=C(O)c1cc2c(C3C(=O)Nc4ccccc43)ncnn2c1. The lowest BCUT2D eigenvalue weighted by Gasteiger charge is -2.09. The van der Waals surface area contributed by atoms with E-state index in [0.29, 0.717) is 11.2 Å². The van der Waals surface area contributed by atoms with Crippen molar-refractivity contribution >= 4 is 23.1 Å². The molecule has 7 nitrogen and oxygen atoms in total. The molecule has 1 aliphatic heterocycles. The standard InChI is InChI=1S/C15H10N4O3/c20-14-12(9-3-1-2-4-10(9)18-14)13-11-5-8(15(21)22)6-19(11)17-7-16-13/h1-7,12H,(H,18,20)(H,21,22). The van der Waals surface area contributed by atoms with E-state index < -0.39 is 11.9 Å². The van der Waals surface area contributed by atoms with Gasteiger partial charge in [-0.1, -0.05) is 18.2 Å². The molecule has 108 valence electrons. The summed E-state index contributed by atoms with van der Waals surface area (Å²) < 4.78 is 1.43. The molecule has 3 heterocycles. The zero-order chi connectivity index (χ0) is 15.3. The third kappa shape index (κ3) is 1.69. The first-order valence-corrected chi connectivity index (χ1v) is 6.61. The fourth-order valence-corrected chi connectivity index (χ4v) is 2.77. The minimum absolute atomic E-state index is 0.105. The fraction of sp³-hybridized carbons (Fsp3) is 0.0667. The molecule has 0 bridgehead atoms. The van der Waals surface area contributed by atoms with Gasteiger partial charge in [-0.25, -0.2) is 14.3 Å². The quantitative estimate of drug-likeness (QED) is 0.746. The maximum Gasteiger partial charge on any atom is 0.337 e. The minimum atomic E-state index is -1.05. The van der Waals surface area contributed by atoms with E-state index in [9.17, 15) is 9.59 Å². The summed E-state index contributed by atoms with van der Waals surface area (Å²) in [6.07, 6.45) is 2.73. The predicted molar refractivity (Wildman–Crippen MR) is 76.9 cm³/mol. The van der Waals surface area contributed by atoms with Crippen LogP contribution in [0.5, 0.6) is 0 Å². The number of anilines is 1. The number of carboxylic acids is 1. The van der Waals surface area contributed by atoms with E-state index in [4.69, 9.17) is 5.11 Å². The lowest BCUT2D eigenvalue weighted by Crippen LogP contribution is -2.15. The van der Waals surface area contributed by atoms with Gasteiger partial charge in [0.1, 0.15) is 12.2 Å². The van der Waals surface area contributed by atoms with Crippen LogP contribution in [0.25, 0.3) is 5.52 Å². The van der Waals surface area contributed by atoms with Crippen LogP contribution in [0.4, 0.5) is 5.69 Å².